The SMILES string of the molecule is CCCCCCOC(=O)c1cc(N)c(C)c(F)c1. The Hall–Kier alpha value is -1.58. The predicted molar refractivity (Wildman–Crippen MR) is 70.0 cm³/mol. The third kappa shape index (κ3) is 4.02. The molecule has 0 aliphatic carbocycles. The number of hydrogen-bond acceptors (Lipinski definition) is 3. The molecule has 0 unspecified atom stereocenters. The van der Waals surface area contributed by atoms with E-state index in [0.717, 1.165) is 25.7 Å². The van der Waals surface area contributed by atoms with Gasteiger partial charge in [0.2, 0.25) is 0 Å². The van der Waals surface area contributed by atoms with Gasteiger partial charge in [-0.1, -0.05) is 26.2 Å². The van der Waals surface area contributed by atoms with Gasteiger partial charge < -0.3 is 10.5 Å². The third-order valence-corrected chi connectivity index (χ3v) is 2.85. The number of halogens is 1. The lowest BCUT2D eigenvalue weighted by atomic mass is 10.1. The Morgan fingerprint density at radius 1 is 1.33 bits per heavy atom. The fourth-order valence-corrected chi connectivity index (χ4v) is 1.60. The average molecular weight is 253 g/mol. The van der Waals surface area contributed by atoms with Gasteiger partial charge in [-0.05, 0) is 25.5 Å². The molecule has 1 rings (SSSR count). The molecular weight excluding hydrogens is 233 g/mol. The molecule has 0 saturated heterocycles. The number of hydrogen-bond donors (Lipinski definition) is 1. The van der Waals surface area contributed by atoms with Crippen LogP contribution in [0.15, 0.2) is 12.1 Å². The number of nitrogens with two attached hydrogens (primary N) is 1. The summed E-state index contributed by atoms with van der Waals surface area (Å²) in [6.07, 6.45) is 4.13. The molecule has 0 spiro atoms. The van der Waals surface area contributed by atoms with Crippen molar-refractivity contribution < 1.29 is 13.9 Å². The van der Waals surface area contributed by atoms with Crippen molar-refractivity contribution in [1.29, 1.82) is 0 Å². The first kappa shape index (κ1) is 14.5. The zero-order valence-electron chi connectivity index (χ0n) is 11.0. The summed E-state index contributed by atoms with van der Waals surface area (Å²) in [5.74, 6) is -0.995. The fourth-order valence-electron chi connectivity index (χ4n) is 1.60. The van der Waals surface area contributed by atoms with Gasteiger partial charge in [0.15, 0.2) is 0 Å². The number of ether oxygens (including phenoxy) is 1. The zero-order valence-corrected chi connectivity index (χ0v) is 11.0. The smallest absolute Gasteiger partial charge is 0.338 e. The highest BCUT2D eigenvalue weighted by molar-refractivity contribution is 5.90. The Balaban J connectivity index is 2.52. The number of nitrogen functional groups attached to an aromatic ring is 1. The number of rotatable bonds is 6. The Labute approximate surface area is 107 Å². The van der Waals surface area contributed by atoms with Crippen molar-refractivity contribution in [2.75, 3.05) is 12.3 Å². The molecule has 0 aliphatic rings. The van der Waals surface area contributed by atoms with Gasteiger partial charge in [-0.2, -0.15) is 0 Å². The second kappa shape index (κ2) is 6.99. The van der Waals surface area contributed by atoms with E-state index in [2.05, 4.69) is 6.92 Å². The van der Waals surface area contributed by atoms with Crippen LogP contribution in [0.3, 0.4) is 0 Å². The maximum absolute atomic E-state index is 13.4. The van der Waals surface area contributed by atoms with Crippen molar-refractivity contribution in [1.82, 2.24) is 0 Å². The largest absolute Gasteiger partial charge is 0.462 e. The minimum atomic E-state index is -0.517. The molecule has 18 heavy (non-hydrogen) atoms. The van der Waals surface area contributed by atoms with E-state index in [4.69, 9.17) is 10.5 Å². The van der Waals surface area contributed by atoms with Gasteiger partial charge in [-0.3, -0.25) is 0 Å². The highest BCUT2D eigenvalue weighted by atomic mass is 19.1. The molecular formula is C14H20FNO2. The van der Waals surface area contributed by atoms with Crippen LogP contribution in [0.5, 0.6) is 0 Å². The molecule has 3 nitrogen and oxygen atoms in total. The van der Waals surface area contributed by atoms with Gasteiger partial charge in [0.1, 0.15) is 5.82 Å². The molecule has 0 radical (unpaired) electrons. The van der Waals surface area contributed by atoms with Crippen LogP contribution in [0.25, 0.3) is 0 Å². The number of benzene rings is 1. The van der Waals surface area contributed by atoms with Crippen LogP contribution in [0.4, 0.5) is 10.1 Å². The Morgan fingerprint density at radius 3 is 2.67 bits per heavy atom. The first-order valence-electron chi connectivity index (χ1n) is 6.29. The third-order valence-electron chi connectivity index (χ3n) is 2.85. The van der Waals surface area contributed by atoms with Crippen LogP contribution in [0, 0.1) is 12.7 Å². The van der Waals surface area contributed by atoms with E-state index in [1.807, 2.05) is 0 Å². The van der Waals surface area contributed by atoms with Gasteiger partial charge in [0.05, 0.1) is 12.2 Å². The Morgan fingerprint density at radius 2 is 2.06 bits per heavy atom. The number of unbranched alkanes of at least 4 members (excludes halogenated alkanes) is 3. The maximum Gasteiger partial charge on any atom is 0.338 e. The molecule has 0 fully saturated rings. The first-order valence-corrected chi connectivity index (χ1v) is 6.29. The van der Waals surface area contributed by atoms with E-state index < -0.39 is 11.8 Å². The number of esters is 1. The van der Waals surface area contributed by atoms with Gasteiger partial charge in [-0.15, -0.1) is 0 Å². The summed E-state index contributed by atoms with van der Waals surface area (Å²) in [5.41, 5.74) is 6.41. The minimum absolute atomic E-state index is 0.172. The standard InChI is InChI=1S/C14H20FNO2/c1-3-4-5-6-7-18-14(17)11-8-12(15)10(2)13(16)9-11/h8-9H,3-7,16H2,1-2H3. The second-order valence-electron chi connectivity index (χ2n) is 4.37. The molecule has 0 aliphatic heterocycles. The van der Waals surface area contributed by atoms with Crippen LogP contribution in [0.1, 0.15) is 48.5 Å². The lowest BCUT2D eigenvalue weighted by molar-refractivity contribution is 0.0497. The Kier molecular flexibility index (Phi) is 5.62. The topological polar surface area (TPSA) is 52.3 Å². The van der Waals surface area contributed by atoms with E-state index in [-0.39, 0.29) is 11.3 Å². The maximum atomic E-state index is 13.4. The fraction of sp³-hybridized carbons (Fsp3) is 0.500. The van der Waals surface area contributed by atoms with Crippen molar-refractivity contribution in [2.45, 2.75) is 39.5 Å². The molecule has 1 aromatic carbocycles. The Bertz CT molecular complexity index is 395. The summed E-state index contributed by atoms with van der Waals surface area (Å²) in [7, 11) is 0. The molecule has 4 heteroatoms. The molecule has 0 saturated carbocycles. The first-order chi connectivity index (χ1) is 8.56. The van der Waals surface area contributed by atoms with Gasteiger partial charge in [0, 0.05) is 11.3 Å². The second-order valence-corrected chi connectivity index (χ2v) is 4.37. The number of carbonyl (C=O) groups excluding carboxylic acids is 1. The van der Waals surface area contributed by atoms with E-state index in [0.29, 0.717) is 12.2 Å². The highest BCUT2D eigenvalue weighted by Crippen LogP contribution is 2.18. The van der Waals surface area contributed by atoms with Crippen molar-refractivity contribution in [2.24, 2.45) is 0 Å². The summed E-state index contributed by atoms with van der Waals surface area (Å²) in [4.78, 5) is 11.6. The van der Waals surface area contributed by atoms with Crippen molar-refractivity contribution in [3.8, 4) is 0 Å². The monoisotopic (exact) mass is 253 g/mol. The van der Waals surface area contributed by atoms with Gasteiger partial charge in [-0.25, -0.2) is 9.18 Å². The van der Waals surface area contributed by atoms with Crippen molar-refractivity contribution in [3.63, 3.8) is 0 Å². The molecule has 100 valence electrons. The van der Waals surface area contributed by atoms with E-state index in [1.165, 1.54) is 12.1 Å². The molecule has 0 bridgehead atoms. The van der Waals surface area contributed by atoms with Crippen LogP contribution in [-0.4, -0.2) is 12.6 Å². The van der Waals surface area contributed by atoms with Crippen LogP contribution in [-0.2, 0) is 4.74 Å². The molecule has 0 heterocycles. The van der Waals surface area contributed by atoms with E-state index >= 15 is 0 Å². The minimum Gasteiger partial charge on any atom is -0.462 e. The summed E-state index contributed by atoms with van der Waals surface area (Å²) in [6.45, 7) is 4.06. The van der Waals surface area contributed by atoms with E-state index in [1.54, 1.807) is 6.92 Å². The molecule has 0 atom stereocenters. The van der Waals surface area contributed by atoms with Crippen molar-refractivity contribution in [3.05, 3.63) is 29.1 Å². The molecule has 1 aromatic rings. The predicted octanol–water partition coefficient (Wildman–Crippen LogP) is 3.45. The lowest BCUT2D eigenvalue weighted by Crippen LogP contribution is -2.08. The average Bonchev–Trinajstić information content (AvgIpc) is 2.34. The highest BCUT2D eigenvalue weighted by Gasteiger charge is 2.12. The number of carbonyl (C=O) groups is 1. The van der Waals surface area contributed by atoms with E-state index in [9.17, 15) is 9.18 Å². The lowest BCUT2D eigenvalue weighted by Gasteiger charge is -2.07. The quantitative estimate of drug-likeness (QED) is 0.480. The summed E-state index contributed by atoms with van der Waals surface area (Å²) >= 11 is 0. The van der Waals surface area contributed by atoms with Gasteiger partial charge in [0.25, 0.3) is 0 Å². The normalized spacial score (nSPS) is 10.4. The molecule has 0 amide bonds. The van der Waals surface area contributed by atoms with Crippen LogP contribution >= 0.6 is 0 Å². The number of anilines is 1. The van der Waals surface area contributed by atoms with Crippen LogP contribution < -0.4 is 5.73 Å². The molecule has 0 aromatic heterocycles. The summed E-state index contributed by atoms with van der Waals surface area (Å²) in [5, 5.41) is 0. The summed E-state index contributed by atoms with van der Waals surface area (Å²) in [6, 6.07) is 2.62. The van der Waals surface area contributed by atoms with Crippen LogP contribution in [0.2, 0.25) is 0 Å². The summed E-state index contributed by atoms with van der Waals surface area (Å²) < 4.78 is 18.5. The zero-order chi connectivity index (χ0) is 13.5. The van der Waals surface area contributed by atoms with Crippen molar-refractivity contribution >= 4 is 11.7 Å². The molecule has 2 N–H and O–H groups in total. The van der Waals surface area contributed by atoms with Gasteiger partial charge >= 0.3 is 5.97 Å².